The summed E-state index contributed by atoms with van der Waals surface area (Å²) in [6.45, 7) is 11.0. The van der Waals surface area contributed by atoms with E-state index in [9.17, 15) is 5.11 Å². The maximum atomic E-state index is 10.6. The van der Waals surface area contributed by atoms with Gasteiger partial charge in [0.15, 0.2) is 0 Å². The fourth-order valence-electron chi connectivity index (χ4n) is 2.88. The molecular formula is C13H27NO. The second kappa shape index (κ2) is 5.31. The maximum Gasteiger partial charge on any atom is 0.0700 e. The number of likely N-dealkylation sites (tertiary alicyclic amines) is 1. The summed E-state index contributed by atoms with van der Waals surface area (Å²) in [5.41, 5.74) is -0.380. The van der Waals surface area contributed by atoms with E-state index in [4.69, 9.17) is 0 Å². The first-order valence-corrected chi connectivity index (χ1v) is 6.50. The van der Waals surface area contributed by atoms with Gasteiger partial charge in [0.1, 0.15) is 0 Å². The van der Waals surface area contributed by atoms with E-state index in [1.807, 2.05) is 0 Å². The molecule has 0 atom stereocenters. The van der Waals surface area contributed by atoms with Crippen molar-refractivity contribution in [3.8, 4) is 0 Å². The van der Waals surface area contributed by atoms with E-state index in [0.717, 1.165) is 38.8 Å². The standard InChI is InChI=1S/C13H27NO/c1-5-12(6-2)13(15)7-9-14(10-8-13)11(3)4/h11-12,15H,5-10H2,1-4H3. The van der Waals surface area contributed by atoms with Gasteiger partial charge in [-0.15, -0.1) is 0 Å². The summed E-state index contributed by atoms with van der Waals surface area (Å²) in [4.78, 5) is 2.47. The van der Waals surface area contributed by atoms with Gasteiger partial charge in [-0.3, -0.25) is 0 Å². The fraction of sp³-hybridized carbons (Fsp3) is 1.00. The monoisotopic (exact) mass is 213 g/mol. The molecule has 0 aromatic carbocycles. The van der Waals surface area contributed by atoms with E-state index in [2.05, 4.69) is 32.6 Å². The Bertz CT molecular complexity index is 179. The molecule has 0 bridgehead atoms. The Morgan fingerprint density at radius 2 is 1.60 bits per heavy atom. The average molecular weight is 213 g/mol. The van der Waals surface area contributed by atoms with Crippen molar-refractivity contribution in [3.63, 3.8) is 0 Å². The summed E-state index contributed by atoms with van der Waals surface area (Å²) in [5.74, 6) is 0.492. The van der Waals surface area contributed by atoms with Crippen molar-refractivity contribution in [1.29, 1.82) is 0 Å². The van der Waals surface area contributed by atoms with Crippen molar-refractivity contribution in [3.05, 3.63) is 0 Å². The molecule has 2 nitrogen and oxygen atoms in total. The summed E-state index contributed by atoms with van der Waals surface area (Å²) < 4.78 is 0. The van der Waals surface area contributed by atoms with Crippen LogP contribution in [0.25, 0.3) is 0 Å². The van der Waals surface area contributed by atoms with Crippen LogP contribution >= 0.6 is 0 Å². The van der Waals surface area contributed by atoms with E-state index >= 15 is 0 Å². The Labute approximate surface area is 94.7 Å². The van der Waals surface area contributed by atoms with E-state index in [1.54, 1.807) is 0 Å². The van der Waals surface area contributed by atoms with Gasteiger partial charge in [0.05, 0.1) is 5.60 Å². The number of nitrogens with zero attached hydrogens (tertiary/aromatic N) is 1. The lowest BCUT2D eigenvalue weighted by Crippen LogP contribution is -2.50. The summed E-state index contributed by atoms with van der Waals surface area (Å²) in [7, 11) is 0. The van der Waals surface area contributed by atoms with Crippen molar-refractivity contribution < 1.29 is 5.11 Å². The Hall–Kier alpha value is -0.0800. The summed E-state index contributed by atoms with van der Waals surface area (Å²) >= 11 is 0. The zero-order valence-corrected chi connectivity index (χ0v) is 10.8. The molecule has 90 valence electrons. The van der Waals surface area contributed by atoms with Gasteiger partial charge in [-0.1, -0.05) is 26.7 Å². The van der Waals surface area contributed by atoms with Crippen molar-refractivity contribution in [2.45, 2.75) is 65.0 Å². The first-order valence-electron chi connectivity index (χ1n) is 6.50. The molecule has 1 rings (SSSR count). The van der Waals surface area contributed by atoms with E-state index in [-0.39, 0.29) is 5.60 Å². The van der Waals surface area contributed by atoms with Gasteiger partial charge in [-0.2, -0.15) is 0 Å². The number of aliphatic hydroxyl groups is 1. The Kier molecular flexibility index (Phi) is 4.60. The molecular weight excluding hydrogens is 186 g/mol. The van der Waals surface area contributed by atoms with Gasteiger partial charge in [0, 0.05) is 19.1 Å². The molecule has 2 heteroatoms. The third-order valence-electron chi connectivity index (χ3n) is 4.14. The molecule has 1 N–H and O–H groups in total. The molecule has 1 fully saturated rings. The largest absolute Gasteiger partial charge is 0.390 e. The van der Waals surface area contributed by atoms with Crippen molar-refractivity contribution in [1.82, 2.24) is 4.90 Å². The predicted molar refractivity (Wildman–Crippen MR) is 65.0 cm³/mol. The molecule has 1 aliphatic rings. The normalized spacial score (nSPS) is 22.6. The van der Waals surface area contributed by atoms with Crippen molar-refractivity contribution >= 4 is 0 Å². The molecule has 15 heavy (non-hydrogen) atoms. The maximum absolute atomic E-state index is 10.6. The van der Waals surface area contributed by atoms with Crippen LogP contribution in [0.5, 0.6) is 0 Å². The molecule has 1 saturated heterocycles. The van der Waals surface area contributed by atoms with Crippen LogP contribution < -0.4 is 0 Å². The van der Waals surface area contributed by atoms with E-state index in [1.165, 1.54) is 0 Å². The number of hydrogen-bond acceptors (Lipinski definition) is 2. The molecule has 1 heterocycles. The van der Waals surface area contributed by atoms with Gasteiger partial charge in [0.25, 0.3) is 0 Å². The Balaban J connectivity index is 2.53. The van der Waals surface area contributed by atoms with Gasteiger partial charge in [0.2, 0.25) is 0 Å². The first kappa shape index (κ1) is 13.0. The highest BCUT2D eigenvalue weighted by Gasteiger charge is 2.38. The van der Waals surface area contributed by atoms with Crippen LogP contribution in [0.1, 0.15) is 53.4 Å². The van der Waals surface area contributed by atoms with Gasteiger partial charge < -0.3 is 10.0 Å². The zero-order valence-electron chi connectivity index (χ0n) is 10.8. The van der Waals surface area contributed by atoms with Crippen LogP contribution in [-0.2, 0) is 0 Å². The molecule has 0 unspecified atom stereocenters. The highest BCUT2D eigenvalue weighted by Crippen LogP contribution is 2.34. The second-order valence-electron chi connectivity index (χ2n) is 5.25. The molecule has 0 radical (unpaired) electrons. The quantitative estimate of drug-likeness (QED) is 0.776. The lowest BCUT2D eigenvalue weighted by molar-refractivity contribution is -0.0737. The van der Waals surface area contributed by atoms with Crippen LogP contribution in [-0.4, -0.2) is 34.7 Å². The number of hydrogen-bond donors (Lipinski definition) is 1. The number of piperidine rings is 1. The highest BCUT2D eigenvalue weighted by molar-refractivity contribution is 4.91. The van der Waals surface area contributed by atoms with Gasteiger partial charge in [-0.05, 0) is 32.6 Å². The Morgan fingerprint density at radius 3 is 1.93 bits per heavy atom. The molecule has 0 aromatic rings. The third-order valence-corrected chi connectivity index (χ3v) is 4.14. The number of rotatable bonds is 4. The summed E-state index contributed by atoms with van der Waals surface area (Å²) in [5, 5.41) is 10.6. The smallest absolute Gasteiger partial charge is 0.0700 e. The fourth-order valence-corrected chi connectivity index (χ4v) is 2.88. The molecule has 1 aliphatic heterocycles. The molecule has 0 aromatic heterocycles. The average Bonchev–Trinajstić information content (AvgIpc) is 2.19. The lowest BCUT2D eigenvalue weighted by atomic mass is 9.76. The zero-order chi connectivity index (χ0) is 11.5. The van der Waals surface area contributed by atoms with Crippen LogP contribution in [0.3, 0.4) is 0 Å². The van der Waals surface area contributed by atoms with Crippen molar-refractivity contribution in [2.24, 2.45) is 5.92 Å². The van der Waals surface area contributed by atoms with Crippen molar-refractivity contribution in [2.75, 3.05) is 13.1 Å². The minimum atomic E-state index is -0.380. The Morgan fingerprint density at radius 1 is 1.13 bits per heavy atom. The summed E-state index contributed by atoms with van der Waals surface area (Å²) in [6.07, 6.45) is 4.12. The van der Waals surface area contributed by atoms with Crippen LogP contribution in [0.4, 0.5) is 0 Å². The van der Waals surface area contributed by atoms with Gasteiger partial charge >= 0.3 is 0 Å². The molecule has 0 spiro atoms. The topological polar surface area (TPSA) is 23.5 Å². The van der Waals surface area contributed by atoms with Gasteiger partial charge in [-0.25, -0.2) is 0 Å². The lowest BCUT2D eigenvalue weighted by Gasteiger charge is -2.44. The third kappa shape index (κ3) is 2.94. The van der Waals surface area contributed by atoms with E-state index < -0.39 is 0 Å². The highest BCUT2D eigenvalue weighted by atomic mass is 16.3. The molecule has 0 aliphatic carbocycles. The molecule has 0 saturated carbocycles. The minimum absolute atomic E-state index is 0.380. The second-order valence-corrected chi connectivity index (χ2v) is 5.25. The minimum Gasteiger partial charge on any atom is -0.390 e. The van der Waals surface area contributed by atoms with Crippen LogP contribution in [0.2, 0.25) is 0 Å². The summed E-state index contributed by atoms with van der Waals surface area (Å²) in [6, 6.07) is 0.622. The SMILES string of the molecule is CCC(CC)C1(O)CCN(C(C)C)CC1. The van der Waals surface area contributed by atoms with E-state index in [0.29, 0.717) is 12.0 Å². The molecule has 0 amide bonds. The van der Waals surface area contributed by atoms with Crippen LogP contribution in [0.15, 0.2) is 0 Å². The first-order chi connectivity index (χ1) is 7.03. The predicted octanol–water partition coefficient (Wildman–Crippen LogP) is 2.66. The van der Waals surface area contributed by atoms with Crippen LogP contribution in [0, 0.1) is 5.92 Å².